The second-order valence-corrected chi connectivity index (χ2v) is 3.30. The molecule has 0 aromatic carbocycles. The fourth-order valence-corrected chi connectivity index (χ4v) is 1.47. The summed E-state index contributed by atoms with van der Waals surface area (Å²) in [5.41, 5.74) is 6.39. The molecular formula is C9H10N2O2. The van der Waals surface area contributed by atoms with Gasteiger partial charge < -0.3 is 10.8 Å². The minimum atomic E-state index is -0.721. The van der Waals surface area contributed by atoms with Crippen molar-refractivity contribution in [3.63, 3.8) is 0 Å². The van der Waals surface area contributed by atoms with E-state index >= 15 is 0 Å². The molecule has 1 saturated carbocycles. The van der Waals surface area contributed by atoms with Gasteiger partial charge in [0.2, 0.25) is 0 Å². The van der Waals surface area contributed by atoms with Crippen LogP contribution in [0.3, 0.4) is 0 Å². The molecule has 0 spiro atoms. The molecule has 4 nitrogen and oxygen atoms in total. The van der Waals surface area contributed by atoms with Crippen molar-refractivity contribution in [3.8, 4) is 0 Å². The highest BCUT2D eigenvalue weighted by molar-refractivity contribution is 5.75. The quantitative estimate of drug-likeness (QED) is 0.703. The molecule has 0 unspecified atom stereocenters. The van der Waals surface area contributed by atoms with E-state index in [4.69, 9.17) is 10.8 Å². The Kier molecular flexibility index (Phi) is 1.69. The topological polar surface area (TPSA) is 76.2 Å². The van der Waals surface area contributed by atoms with Gasteiger partial charge in [0.15, 0.2) is 0 Å². The van der Waals surface area contributed by atoms with Crippen LogP contribution in [0, 0.1) is 5.92 Å². The fourth-order valence-electron chi connectivity index (χ4n) is 1.47. The number of nitrogen functional groups attached to an aromatic ring is 1. The molecule has 68 valence electrons. The second-order valence-electron chi connectivity index (χ2n) is 3.30. The number of anilines is 1. The Morgan fingerprint density at radius 3 is 2.85 bits per heavy atom. The van der Waals surface area contributed by atoms with E-state index in [2.05, 4.69) is 4.98 Å². The number of aliphatic carboxylic acids is 1. The lowest BCUT2D eigenvalue weighted by molar-refractivity contribution is -0.138. The largest absolute Gasteiger partial charge is 0.481 e. The van der Waals surface area contributed by atoms with Crippen molar-refractivity contribution in [1.82, 2.24) is 4.98 Å². The zero-order valence-corrected chi connectivity index (χ0v) is 6.97. The number of carboxylic acids is 1. The highest BCUT2D eigenvalue weighted by Gasteiger charge is 2.44. The van der Waals surface area contributed by atoms with Gasteiger partial charge in [-0.25, -0.2) is 4.98 Å². The van der Waals surface area contributed by atoms with E-state index in [1.165, 1.54) is 0 Å². The number of hydrogen-bond donors (Lipinski definition) is 2. The van der Waals surface area contributed by atoms with Gasteiger partial charge in [0, 0.05) is 6.20 Å². The van der Waals surface area contributed by atoms with Crippen molar-refractivity contribution in [1.29, 1.82) is 0 Å². The van der Waals surface area contributed by atoms with Crippen LogP contribution >= 0.6 is 0 Å². The van der Waals surface area contributed by atoms with Crippen molar-refractivity contribution in [3.05, 3.63) is 23.9 Å². The molecule has 0 bridgehead atoms. The van der Waals surface area contributed by atoms with Crippen LogP contribution < -0.4 is 5.73 Å². The predicted octanol–water partition coefficient (Wildman–Crippen LogP) is 0.852. The average molecular weight is 178 g/mol. The molecule has 1 fully saturated rings. The minimum Gasteiger partial charge on any atom is -0.481 e. The molecular weight excluding hydrogens is 168 g/mol. The Morgan fingerprint density at radius 1 is 1.62 bits per heavy atom. The van der Waals surface area contributed by atoms with Crippen LogP contribution in [0.25, 0.3) is 0 Å². The molecule has 1 aliphatic rings. The summed E-state index contributed by atoms with van der Waals surface area (Å²) in [5, 5.41) is 8.69. The third-order valence-electron chi connectivity index (χ3n) is 2.35. The first-order valence-electron chi connectivity index (χ1n) is 4.12. The first-order valence-corrected chi connectivity index (χ1v) is 4.12. The standard InChI is InChI=1S/C9H10N2O2/c10-8-2-1-5(4-11-8)6-3-7(6)9(12)13/h1-2,4,6-7H,3H2,(H2,10,11)(H,12,13)/t6-,7+/m1/s1. The molecule has 0 aliphatic heterocycles. The van der Waals surface area contributed by atoms with Crippen molar-refractivity contribution in [2.75, 3.05) is 5.73 Å². The van der Waals surface area contributed by atoms with Gasteiger partial charge in [-0.15, -0.1) is 0 Å². The van der Waals surface area contributed by atoms with E-state index in [-0.39, 0.29) is 11.8 Å². The molecule has 0 radical (unpaired) electrons. The van der Waals surface area contributed by atoms with E-state index in [1.54, 1.807) is 12.3 Å². The molecule has 1 aliphatic carbocycles. The van der Waals surface area contributed by atoms with Crippen LogP contribution in [-0.2, 0) is 4.79 Å². The Morgan fingerprint density at radius 2 is 2.38 bits per heavy atom. The van der Waals surface area contributed by atoms with Crippen LogP contribution in [0.1, 0.15) is 17.9 Å². The third kappa shape index (κ3) is 1.47. The van der Waals surface area contributed by atoms with E-state index in [1.807, 2.05) is 6.07 Å². The lowest BCUT2D eigenvalue weighted by Gasteiger charge is -1.97. The molecule has 0 saturated heterocycles. The fraction of sp³-hybridized carbons (Fsp3) is 0.333. The Balaban J connectivity index is 2.12. The highest BCUT2D eigenvalue weighted by atomic mass is 16.4. The summed E-state index contributed by atoms with van der Waals surface area (Å²) in [7, 11) is 0. The third-order valence-corrected chi connectivity index (χ3v) is 2.35. The van der Waals surface area contributed by atoms with E-state index in [0.29, 0.717) is 5.82 Å². The molecule has 0 amide bonds. The maximum absolute atomic E-state index is 10.6. The summed E-state index contributed by atoms with van der Waals surface area (Å²) >= 11 is 0. The summed E-state index contributed by atoms with van der Waals surface area (Å²) in [6, 6.07) is 3.54. The molecule has 1 aromatic heterocycles. The first-order chi connectivity index (χ1) is 6.18. The average Bonchev–Trinajstić information content (AvgIpc) is 2.85. The molecule has 1 heterocycles. The Bertz CT molecular complexity index is 334. The monoisotopic (exact) mass is 178 g/mol. The van der Waals surface area contributed by atoms with Crippen molar-refractivity contribution >= 4 is 11.8 Å². The summed E-state index contributed by atoms with van der Waals surface area (Å²) in [4.78, 5) is 14.5. The number of pyridine rings is 1. The first kappa shape index (κ1) is 8.04. The van der Waals surface area contributed by atoms with Crippen molar-refractivity contribution in [2.24, 2.45) is 5.92 Å². The molecule has 3 N–H and O–H groups in total. The number of nitrogens with zero attached hydrogens (tertiary/aromatic N) is 1. The molecule has 2 rings (SSSR count). The molecule has 13 heavy (non-hydrogen) atoms. The van der Waals surface area contributed by atoms with Gasteiger partial charge in [-0.05, 0) is 24.0 Å². The van der Waals surface area contributed by atoms with Gasteiger partial charge in [-0.3, -0.25) is 4.79 Å². The van der Waals surface area contributed by atoms with Crippen LogP contribution in [0.5, 0.6) is 0 Å². The maximum Gasteiger partial charge on any atom is 0.307 e. The predicted molar refractivity (Wildman–Crippen MR) is 47.1 cm³/mol. The van der Waals surface area contributed by atoms with Gasteiger partial charge in [-0.2, -0.15) is 0 Å². The molecule has 2 atom stereocenters. The van der Waals surface area contributed by atoms with E-state index in [9.17, 15) is 4.79 Å². The van der Waals surface area contributed by atoms with Gasteiger partial charge in [0.05, 0.1) is 5.92 Å². The number of aromatic nitrogens is 1. The molecule has 4 heteroatoms. The lowest BCUT2D eigenvalue weighted by atomic mass is 10.1. The van der Waals surface area contributed by atoms with Gasteiger partial charge in [-0.1, -0.05) is 6.07 Å². The van der Waals surface area contributed by atoms with Gasteiger partial charge >= 0.3 is 5.97 Å². The highest BCUT2D eigenvalue weighted by Crippen LogP contribution is 2.47. The lowest BCUT2D eigenvalue weighted by Crippen LogP contribution is -1.99. The number of hydrogen-bond acceptors (Lipinski definition) is 3. The summed E-state index contributed by atoms with van der Waals surface area (Å²) in [6.45, 7) is 0. The van der Waals surface area contributed by atoms with Gasteiger partial charge in [0.1, 0.15) is 5.82 Å². The SMILES string of the molecule is Nc1ccc([C@H]2C[C@@H]2C(=O)O)cn1. The van der Waals surface area contributed by atoms with Crippen LogP contribution in [-0.4, -0.2) is 16.1 Å². The zero-order chi connectivity index (χ0) is 9.42. The molecule has 1 aromatic rings. The van der Waals surface area contributed by atoms with E-state index in [0.717, 1.165) is 12.0 Å². The van der Waals surface area contributed by atoms with Crippen LogP contribution in [0.2, 0.25) is 0 Å². The summed E-state index contributed by atoms with van der Waals surface area (Å²) in [5.74, 6) is -0.325. The van der Waals surface area contributed by atoms with Crippen molar-refractivity contribution in [2.45, 2.75) is 12.3 Å². The van der Waals surface area contributed by atoms with Gasteiger partial charge in [0.25, 0.3) is 0 Å². The van der Waals surface area contributed by atoms with Crippen molar-refractivity contribution < 1.29 is 9.90 Å². The zero-order valence-electron chi connectivity index (χ0n) is 6.97. The second kappa shape index (κ2) is 2.73. The maximum atomic E-state index is 10.6. The number of nitrogens with two attached hydrogens (primary N) is 1. The Labute approximate surface area is 75.4 Å². The van der Waals surface area contributed by atoms with Crippen LogP contribution in [0.15, 0.2) is 18.3 Å². The summed E-state index contributed by atoms with van der Waals surface area (Å²) < 4.78 is 0. The smallest absolute Gasteiger partial charge is 0.307 e. The number of rotatable bonds is 2. The summed E-state index contributed by atoms with van der Waals surface area (Å²) in [6.07, 6.45) is 2.38. The van der Waals surface area contributed by atoms with Crippen LogP contribution in [0.4, 0.5) is 5.82 Å². The Hall–Kier alpha value is -1.58. The number of carboxylic acid groups (broad SMARTS) is 1. The minimum absolute atomic E-state index is 0.144. The normalized spacial score (nSPS) is 25.5. The van der Waals surface area contributed by atoms with E-state index < -0.39 is 5.97 Å². The number of carbonyl (C=O) groups is 1.